The van der Waals surface area contributed by atoms with Crippen molar-refractivity contribution in [3.63, 3.8) is 0 Å². The van der Waals surface area contributed by atoms with E-state index >= 15 is 0 Å². The normalized spacial score (nSPS) is 15.8. The number of carbonyl (C=O) groups excluding carboxylic acids is 1. The second-order valence-corrected chi connectivity index (χ2v) is 6.05. The topological polar surface area (TPSA) is 102 Å². The monoisotopic (exact) mass is 302 g/mol. The molecule has 7 nitrogen and oxygen atoms in total. The molecule has 1 aliphatic carbocycles. The molecule has 0 bridgehead atoms. The first-order valence-corrected chi connectivity index (χ1v) is 7.57. The van der Waals surface area contributed by atoms with E-state index in [1.165, 1.54) is 12.8 Å². The average Bonchev–Trinajstić information content (AvgIpc) is 3.17. The number of rotatable bonds is 5. The number of aryl methyl sites for hydroxylation is 2. The molecule has 118 valence electrons. The highest BCUT2D eigenvalue weighted by atomic mass is 16.1. The van der Waals surface area contributed by atoms with Gasteiger partial charge in [0, 0.05) is 30.9 Å². The maximum Gasteiger partial charge on any atom is 0.269 e. The third-order valence-corrected chi connectivity index (χ3v) is 4.31. The Morgan fingerprint density at radius 2 is 2.27 bits per heavy atom. The zero-order valence-electron chi connectivity index (χ0n) is 13.2. The van der Waals surface area contributed by atoms with Gasteiger partial charge in [-0.3, -0.25) is 14.6 Å². The zero-order chi connectivity index (χ0) is 15.9. The number of H-pyrrole nitrogens is 1. The predicted molar refractivity (Wildman–Crippen MR) is 83.3 cm³/mol. The Bertz CT molecular complexity index is 697. The SMILES string of the molecule is Cc1nn(C)c(C)c1-c1cc(C(=O)NCC(N)C2CC2)[nH]n1. The summed E-state index contributed by atoms with van der Waals surface area (Å²) in [6.07, 6.45) is 2.34. The maximum atomic E-state index is 12.2. The van der Waals surface area contributed by atoms with Crippen LogP contribution in [0.4, 0.5) is 0 Å². The Balaban J connectivity index is 1.71. The number of aromatic nitrogens is 4. The fourth-order valence-electron chi connectivity index (χ4n) is 2.71. The summed E-state index contributed by atoms with van der Waals surface area (Å²) >= 11 is 0. The summed E-state index contributed by atoms with van der Waals surface area (Å²) in [6, 6.07) is 1.81. The Kier molecular flexibility index (Phi) is 3.74. The lowest BCUT2D eigenvalue weighted by Crippen LogP contribution is -2.38. The Hall–Kier alpha value is -2.15. The molecule has 0 saturated heterocycles. The van der Waals surface area contributed by atoms with Crippen molar-refractivity contribution >= 4 is 5.91 Å². The standard InChI is InChI=1S/C15H22N6O/c1-8-14(9(2)21(3)20-8)12-6-13(19-18-12)15(22)17-7-11(16)10-4-5-10/h6,10-11H,4-5,7,16H2,1-3H3,(H,17,22)(H,18,19). The highest BCUT2D eigenvalue weighted by molar-refractivity contribution is 5.93. The molecule has 2 heterocycles. The minimum atomic E-state index is -0.172. The van der Waals surface area contributed by atoms with Crippen molar-refractivity contribution in [1.82, 2.24) is 25.3 Å². The first-order valence-electron chi connectivity index (χ1n) is 7.57. The van der Waals surface area contributed by atoms with E-state index in [0.717, 1.165) is 22.6 Å². The molecule has 22 heavy (non-hydrogen) atoms. The van der Waals surface area contributed by atoms with Crippen LogP contribution < -0.4 is 11.1 Å². The largest absolute Gasteiger partial charge is 0.349 e. The lowest BCUT2D eigenvalue weighted by Gasteiger charge is -2.10. The number of carbonyl (C=O) groups is 1. The van der Waals surface area contributed by atoms with Gasteiger partial charge in [0.2, 0.25) is 0 Å². The number of nitrogens with one attached hydrogen (secondary N) is 2. The molecular formula is C15H22N6O. The summed E-state index contributed by atoms with van der Waals surface area (Å²) in [5.74, 6) is 0.396. The van der Waals surface area contributed by atoms with Gasteiger partial charge in [0.25, 0.3) is 5.91 Å². The predicted octanol–water partition coefficient (Wildman–Crippen LogP) is 0.894. The third kappa shape index (κ3) is 2.76. The van der Waals surface area contributed by atoms with Crippen LogP contribution in [0, 0.1) is 19.8 Å². The molecule has 0 spiro atoms. The molecule has 1 amide bonds. The molecule has 4 N–H and O–H groups in total. The molecule has 1 unspecified atom stereocenters. The van der Waals surface area contributed by atoms with Crippen LogP contribution in [0.3, 0.4) is 0 Å². The molecule has 1 fully saturated rings. The Morgan fingerprint density at radius 1 is 1.55 bits per heavy atom. The lowest BCUT2D eigenvalue weighted by molar-refractivity contribution is 0.0945. The van der Waals surface area contributed by atoms with Crippen molar-refractivity contribution in [2.75, 3.05) is 6.54 Å². The van der Waals surface area contributed by atoms with E-state index in [2.05, 4.69) is 20.6 Å². The second kappa shape index (κ2) is 5.57. The van der Waals surface area contributed by atoms with Gasteiger partial charge >= 0.3 is 0 Å². The maximum absolute atomic E-state index is 12.2. The number of amides is 1. The highest BCUT2D eigenvalue weighted by Crippen LogP contribution is 2.31. The van der Waals surface area contributed by atoms with Gasteiger partial charge in [-0.05, 0) is 38.7 Å². The van der Waals surface area contributed by atoms with E-state index in [-0.39, 0.29) is 11.9 Å². The molecule has 0 aliphatic heterocycles. The number of hydrogen-bond donors (Lipinski definition) is 3. The first kappa shape index (κ1) is 14.8. The fraction of sp³-hybridized carbons (Fsp3) is 0.533. The van der Waals surface area contributed by atoms with E-state index < -0.39 is 0 Å². The van der Waals surface area contributed by atoms with Gasteiger partial charge in [0.05, 0.1) is 11.4 Å². The van der Waals surface area contributed by atoms with Crippen molar-refractivity contribution in [3.8, 4) is 11.3 Å². The molecule has 2 aromatic rings. The second-order valence-electron chi connectivity index (χ2n) is 6.05. The van der Waals surface area contributed by atoms with E-state index in [1.54, 1.807) is 6.07 Å². The number of nitrogens with two attached hydrogens (primary N) is 1. The first-order chi connectivity index (χ1) is 10.5. The van der Waals surface area contributed by atoms with Crippen molar-refractivity contribution in [2.24, 2.45) is 18.7 Å². The highest BCUT2D eigenvalue weighted by Gasteiger charge is 2.28. The van der Waals surface area contributed by atoms with Crippen molar-refractivity contribution < 1.29 is 4.79 Å². The van der Waals surface area contributed by atoms with Crippen LogP contribution in [0.25, 0.3) is 11.3 Å². The van der Waals surface area contributed by atoms with E-state index in [1.807, 2.05) is 25.6 Å². The zero-order valence-corrected chi connectivity index (χ0v) is 13.2. The number of nitrogens with zero attached hydrogens (tertiary/aromatic N) is 3. The lowest BCUT2D eigenvalue weighted by atomic mass is 10.1. The van der Waals surface area contributed by atoms with Crippen molar-refractivity contribution in [2.45, 2.75) is 32.7 Å². The molecule has 0 radical (unpaired) electrons. The number of hydrogen-bond acceptors (Lipinski definition) is 4. The van der Waals surface area contributed by atoms with E-state index in [0.29, 0.717) is 18.2 Å². The van der Waals surface area contributed by atoms with Gasteiger partial charge < -0.3 is 11.1 Å². The molecule has 3 rings (SSSR count). The average molecular weight is 302 g/mol. The van der Waals surface area contributed by atoms with Crippen LogP contribution in [-0.4, -0.2) is 38.5 Å². The third-order valence-electron chi connectivity index (χ3n) is 4.31. The van der Waals surface area contributed by atoms with E-state index in [4.69, 9.17) is 5.73 Å². The molecular weight excluding hydrogens is 280 g/mol. The molecule has 7 heteroatoms. The Labute approximate surface area is 129 Å². The summed E-state index contributed by atoms with van der Waals surface area (Å²) in [4.78, 5) is 12.2. The quantitative estimate of drug-likeness (QED) is 0.763. The van der Waals surface area contributed by atoms with Crippen molar-refractivity contribution in [3.05, 3.63) is 23.1 Å². The fourth-order valence-corrected chi connectivity index (χ4v) is 2.71. The van der Waals surface area contributed by atoms with Crippen LogP contribution >= 0.6 is 0 Å². The van der Waals surface area contributed by atoms with Crippen LogP contribution in [-0.2, 0) is 7.05 Å². The van der Waals surface area contributed by atoms with Gasteiger partial charge in [-0.25, -0.2) is 0 Å². The van der Waals surface area contributed by atoms with Crippen LogP contribution in [0.1, 0.15) is 34.7 Å². The van der Waals surface area contributed by atoms with Gasteiger partial charge in [-0.15, -0.1) is 0 Å². The molecule has 0 aromatic carbocycles. The van der Waals surface area contributed by atoms with Gasteiger partial charge in [0.15, 0.2) is 0 Å². The minimum absolute atomic E-state index is 0.0501. The summed E-state index contributed by atoms with van der Waals surface area (Å²) < 4.78 is 1.81. The summed E-state index contributed by atoms with van der Waals surface area (Å²) in [5.41, 5.74) is 10.1. The summed E-state index contributed by atoms with van der Waals surface area (Å²) in [7, 11) is 1.89. The number of aromatic amines is 1. The molecule has 1 saturated carbocycles. The molecule has 1 aliphatic rings. The molecule has 2 aromatic heterocycles. The summed E-state index contributed by atoms with van der Waals surface area (Å²) in [6.45, 7) is 4.42. The van der Waals surface area contributed by atoms with Crippen molar-refractivity contribution in [1.29, 1.82) is 0 Å². The smallest absolute Gasteiger partial charge is 0.269 e. The van der Waals surface area contributed by atoms with Gasteiger partial charge in [-0.2, -0.15) is 10.2 Å². The Morgan fingerprint density at radius 3 is 2.86 bits per heavy atom. The van der Waals surface area contributed by atoms with Gasteiger partial charge in [0.1, 0.15) is 5.69 Å². The van der Waals surface area contributed by atoms with Crippen LogP contribution in [0.2, 0.25) is 0 Å². The van der Waals surface area contributed by atoms with Crippen LogP contribution in [0.5, 0.6) is 0 Å². The van der Waals surface area contributed by atoms with Crippen LogP contribution in [0.15, 0.2) is 6.07 Å². The molecule has 1 atom stereocenters. The summed E-state index contributed by atoms with van der Waals surface area (Å²) in [5, 5.41) is 14.3. The van der Waals surface area contributed by atoms with Gasteiger partial charge in [-0.1, -0.05) is 0 Å². The van der Waals surface area contributed by atoms with E-state index in [9.17, 15) is 4.79 Å². The minimum Gasteiger partial charge on any atom is -0.349 e.